The van der Waals surface area contributed by atoms with E-state index in [4.69, 9.17) is 10.5 Å². The van der Waals surface area contributed by atoms with Crippen LogP contribution in [0.15, 0.2) is 6.07 Å². The van der Waals surface area contributed by atoms with Crippen LogP contribution in [0.1, 0.15) is 12.0 Å². The Morgan fingerprint density at radius 3 is 2.71 bits per heavy atom. The van der Waals surface area contributed by atoms with Gasteiger partial charge in [-0.15, -0.1) is 0 Å². The van der Waals surface area contributed by atoms with Crippen LogP contribution in [0.5, 0.6) is 5.75 Å². The van der Waals surface area contributed by atoms with E-state index in [0.29, 0.717) is 12.5 Å². The fourth-order valence-corrected chi connectivity index (χ4v) is 1.46. The van der Waals surface area contributed by atoms with Gasteiger partial charge in [0.1, 0.15) is 12.0 Å². The number of hydrogen-bond acceptors (Lipinski definition) is 2. The lowest BCUT2D eigenvalue weighted by Gasteiger charge is -2.23. The lowest BCUT2D eigenvalue weighted by molar-refractivity contribution is 0.167. The SMILES string of the molecule is N[C@H]1CCc2c(F)cc(F)c(F)c2O1. The molecule has 1 aromatic carbocycles. The Hall–Kier alpha value is -1.23. The van der Waals surface area contributed by atoms with Gasteiger partial charge in [0.2, 0.25) is 5.82 Å². The molecule has 0 saturated heterocycles. The highest BCUT2D eigenvalue weighted by molar-refractivity contribution is 5.38. The maximum atomic E-state index is 13.1. The van der Waals surface area contributed by atoms with Gasteiger partial charge in [-0.3, -0.25) is 5.73 Å². The van der Waals surface area contributed by atoms with Crippen molar-refractivity contribution in [1.82, 2.24) is 0 Å². The van der Waals surface area contributed by atoms with Gasteiger partial charge >= 0.3 is 0 Å². The van der Waals surface area contributed by atoms with E-state index in [-0.39, 0.29) is 17.7 Å². The summed E-state index contributed by atoms with van der Waals surface area (Å²) >= 11 is 0. The molecule has 0 aliphatic carbocycles. The Morgan fingerprint density at radius 2 is 2.00 bits per heavy atom. The molecule has 2 rings (SSSR count). The summed E-state index contributed by atoms with van der Waals surface area (Å²) in [7, 11) is 0. The second-order valence-corrected chi connectivity index (χ2v) is 3.16. The zero-order chi connectivity index (χ0) is 10.3. The Morgan fingerprint density at radius 1 is 1.29 bits per heavy atom. The van der Waals surface area contributed by atoms with Crippen LogP contribution in [-0.4, -0.2) is 6.23 Å². The largest absolute Gasteiger partial charge is 0.472 e. The lowest BCUT2D eigenvalue weighted by Crippen LogP contribution is -2.32. The van der Waals surface area contributed by atoms with Gasteiger partial charge in [-0.2, -0.15) is 4.39 Å². The number of benzene rings is 1. The van der Waals surface area contributed by atoms with E-state index in [2.05, 4.69) is 0 Å². The molecule has 5 heteroatoms. The van der Waals surface area contributed by atoms with Gasteiger partial charge in [0.15, 0.2) is 11.6 Å². The highest BCUT2D eigenvalue weighted by Crippen LogP contribution is 2.32. The van der Waals surface area contributed by atoms with Crippen LogP contribution in [0.4, 0.5) is 13.2 Å². The molecule has 76 valence electrons. The highest BCUT2D eigenvalue weighted by Gasteiger charge is 2.25. The van der Waals surface area contributed by atoms with Crippen LogP contribution in [0, 0.1) is 17.5 Å². The van der Waals surface area contributed by atoms with E-state index in [9.17, 15) is 13.2 Å². The number of halogens is 3. The Labute approximate surface area is 78.5 Å². The van der Waals surface area contributed by atoms with Gasteiger partial charge in [0.05, 0.1) is 0 Å². The van der Waals surface area contributed by atoms with Crippen LogP contribution in [0.3, 0.4) is 0 Å². The zero-order valence-corrected chi connectivity index (χ0v) is 7.19. The summed E-state index contributed by atoms with van der Waals surface area (Å²) < 4.78 is 43.8. The predicted molar refractivity (Wildman–Crippen MR) is 43.2 cm³/mol. The van der Waals surface area contributed by atoms with Gasteiger partial charge in [-0.05, 0) is 6.42 Å². The van der Waals surface area contributed by atoms with Gasteiger partial charge < -0.3 is 4.74 Å². The van der Waals surface area contributed by atoms with Crippen molar-refractivity contribution in [2.75, 3.05) is 0 Å². The van der Waals surface area contributed by atoms with Crippen LogP contribution < -0.4 is 10.5 Å². The summed E-state index contributed by atoms with van der Waals surface area (Å²) in [6, 6.07) is 0.522. The van der Waals surface area contributed by atoms with Crippen molar-refractivity contribution < 1.29 is 17.9 Å². The maximum absolute atomic E-state index is 13.1. The fraction of sp³-hybridized carbons (Fsp3) is 0.333. The monoisotopic (exact) mass is 203 g/mol. The average molecular weight is 203 g/mol. The van der Waals surface area contributed by atoms with E-state index in [1.165, 1.54) is 0 Å². The molecule has 0 fully saturated rings. The molecule has 1 aliphatic heterocycles. The molecule has 2 N–H and O–H groups in total. The van der Waals surface area contributed by atoms with Crippen molar-refractivity contribution in [2.45, 2.75) is 19.1 Å². The normalized spacial score (nSPS) is 20.1. The van der Waals surface area contributed by atoms with Gasteiger partial charge in [0, 0.05) is 18.1 Å². The van der Waals surface area contributed by atoms with Crippen LogP contribution in [0.2, 0.25) is 0 Å². The number of ether oxygens (including phenoxy) is 1. The minimum Gasteiger partial charge on any atom is -0.472 e. The Bertz CT molecular complexity index is 381. The molecule has 0 unspecified atom stereocenters. The molecule has 2 nitrogen and oxygen atoms in total. The number of rotatable bonds is 0. The third-order valence-corrected chi connectivity index (χ3v) is 2.17. The molecular weight excluding hydrogens is 195 g/mol. The second kappa shape index (κ2) is 3.16. The molecule has 0 spiro atoms. The van der Waals surface area contributed by atoms with Crippen LogP contribution in [-0.2, 0) is 6.42 Å². The topological polar surface area (TPSA) is 35.2 Å². The Kier molecular flexibility index (Phi) is 2.11. The van der Waals surface area contributed by atoms with E-state index >= 15 is 0 Å². The van der Waals surface area contributed by atoms with Crippen molar-refractivity contribution in [3.8, 4) is 5.75 Å². The molecule has 1 aromatic rings. The minimum atomic E-state index is -1.25. The van der Waals surface area contributed by atoms with Gasteiger partial charge in [-0.25, -0.2) is 8.78 Å². The summed E-state index contributed by atoms with van der Waals surface area (Å²) in [5.41, 5.74) is 5.45. The highest BCUT2D eigenvalue weighted by atomic mass is 19.2. The maximum Gasteiger partial charge on any atom is 0.201 e. The third-order valence-electron chi connectivity index (χ3n) is 2.17. The van der Waals surface area contributed by atoms with Crippen molar-refractivity contribution in [3.05, 3.63) is 29.1 Å². The predicted octanol–water partition coefficient (Wildman–Crippen LogP) is 1.71. The molecule has 0 saturated carbocycles. The molecule has 1 atom stereocenters. The van der Waals surface area contributed by atoms with Gasteiger partial charge in [-0.1, -0.05) is 0 Å². The molecule has 1 heterocycles. The van der Waals surface area contributed by atoms with E-state index in [0.717, 1.165) is 0 Å². The van der Waals surface area contributed by atoms with E-state index in [1.807, 2.05) is 0 Å². The molecule has 0 bridgehead atoms. The van der Waals surface area contributed by atoms with Crippen molar-refractivity contribution in [1.29, 1.82) is 0 Å². The first kappa shape index (κ1) is 9.33. The average Bonchev–Trinajstić information content (AvgIpc) is 2.14. The molecule has 0 amide bonds. The molecule has 0 radical (unpaired) electrons. The molecule has 0 aromatic heterocycles. The zero-order valence-electron chi connectivity index (χ0n) is 7.19. The summed E-state index contributed by atoms with van der Waals surface area (Å²) in [4.78, 5) is 0. The number of fused-ring (bicyclic) bond motifs is 1. The summed E-state index contributed by atoms with van der Waals surface area (Å²) in [6.45, 7) is 0. The fourth-order valence-electron chi connectivity index (χ4n) is 1.46. The molecular formula is C9H8F3NO. The van der Waals surface area contributed by atoms with E-state index in [1.54, 1.807) is 0 Å². The minimum absolute atomic E-state index is 0.0607. The van der Waals surface area contributed by atoms with Crippen molar-refractivity contribution in [3.63, 3.8) is 0 Å². The first-order chi connectivity index (χ1) is 6.59. The Balaban J connectivity index is 2.57. The second-order valence-electron chi connectivity index (χ2n) is 3.16. The van der Waals surface area contributed by atoms with Crippen LogP contribution >= 0.6 is 0 Å². The quantitative estimate of drug-likeness (QED) is 0.651. The smallest absolute Gasteiger partial charge is 0.201 e. The summed E-state index contributed by atoms with van der Waals surface area (Å²) in [5.74, 6) is -3.60. The summed E-state index contributed by atoms with van der Waals surface area (Å²) in [5, 5.41) is 0. The van der Waals surface area contributed by atoms with Crippen molar-refractivity contribution >= 4 is 0 Å². The summed E-state index contributed by atoms with van der Waals surface area (Å²) in [6.07, 6.45) is -0.0349. The first-order valence-electron chi connectivity index (χ1n) is 4.18. The number of nitrogens with two attached hydrogens (primary N) is 1. The van der Waals surface area contributed by atoms with Gasteiger partial charge in [0.25, 0.3) is 0 Å². The van der Waals surface area contributed by atoms with E-state index < -0.39 is 23.7 Å². The third kappa shape index (κ3) is 1.33. The molecule has 1 aliphatic rings. The lowest BCUT2D eigenvalue weighted by atomic mass is 10.0. The standard InChI is InChI=1S/C9H8F3NO/c10-5-3-6(11)8(12)9-4(5)1-2-7(13)14-9/h3,7H,1-2,13H2/t7-/m1/s1. The van der Waals surface area contributed by atoms with Crippen LogP contribution in [0.25, 0.3) is 0 Å². The first-order valence-corrected chi connectivity index (χ1v) is 4.18. The number of hydrogen-bond donors (Lipinski definition) is 1. The molecule has 14 heavy (non-hydrogen) atoms. The van der Waals surface area contributed by atoms with Crippen molar-refractivity contribution in [2.24, 2.45) is 5.73 Å².